The summed E-state index contributed by atoms with van der Waals surface area (Å²) in [7, 11) is -17.1. The van der Waals surface area contributed by atoms with Crippen molar-refractivity contribution in [2.45, 2.75) is 107 Å². The minimum atomic E-state index is -4.83. The molecule has 0 bridgehead atoms. The van der Waals surface area contributed by atoms with E-state index in [-0.39, 0.29) is 63.8 Å². The summed E-state index contributed by atoms with van der Waals surface area (Å²) in [6, 6.07) is 10.8. The summed E-state index contributed by atoms with van der Waals surface area (Å²) in [4.78, 5) is 102. The molecule has 15 aromatic heterocycles. The van der Waals surface area contributed by atoms with E-state index in [2.05, 4.69) is 114 Å². The fourth-order valence-corrected chi connectivity index (χ4v) is 19.4. The maximum Gasteiger partial charge on any atom is 0.281 e. The molecule has 0 spiro atoms. The van der Waals surface area contributed by atoms with Gasteiger partial charge in [0.05, 0.1) is 72.9 Å². The zero-order chi connectivity index (χ0) is 103. The molecule has 4 aliphatic heterocycles. The van der Waals surface area contributed by atoms with Gasteiger partial charge in [0.15, 0.2) is 57.4 Å². The SMILES string of the molecule is NC(=O)c1ccc(F)c(-c2ccnc(-c3cnc4cnc(C(F)F)cn34)n2)c1.NS(=O)(=O)C1CCCN(c2ccnc(-c3cnc4cnc(C(F)F)cn34)n2)C1.NS(=O)(=O)N[C@H]1CCCN(c2ccnc(-c3cnc4cnc(C(F)F)cn34)n2)C1.NS(N)(=O)(O)NC1CCCN(c2ccnc(-c3cnc4cnc(C(F)F)cn34)n2)C1.NS(N)(=O)(O)N[C@@H]1CCCN(c2ccnc(-c3cnc4cnc(C(F)F)cn34)n2)C1. The number of primary sulfonamides is 1. The number of aromatic nitrogens is 25. The second-order valence-corrected chi connectivity index (χ2v) is 41.0. The van der Waals surface area contributed by atoms with Gasteiger partial charge < -0.3 is 25.3 Å². The normalized spacial score (nSPS) is 17.2. The lowest BCUT2D eigenvalue weighted by atomic mass is 10.1. The number of hydrogen-bond acceptors (Lipinski definition) is 31. The molecule has 48 nitrogen and oxygen atoms in total. The Hall–Kier alpha value is -14.6. The summed E-state index contributed by atoms with van der Waals surface area (Å²) >= 11 is 0. The summed E-state index contributed by atoms with van der Waals surface area (Å²) in [6.45, 7) is 3.99. The van der Waals surface area contributed by atoms with Crippen molar-refractivity contribution in [3.05, 3.63) is 212 Å². The highest BCUT2D eigenvalue weighted by Gasteiger charge is 2.34. The third-order valence-electron chi connectivity index (χ3n) is 22.6. The summed E-state index contributed by atoms with van der Waals surface area (Å²) in [5.41, 5.74) is 7.65. The van der Waals surface area contributed by atoms with E-state index in [0.29, 0.717) is 175 Å². The van der Waals surface area contributed by atoms with E-state index in [1.54, 1.807) is 42.9 Å². The molecule has 0 saturated carbocycles. The first-order valence-electron chi connectivity index (χ1n) is 43.4. The number of piperidine rings is 4. The van der Waals surface area contributed by atoms with Crippen molar-refractivity contribution in [3.8, 4) is 68.8 Å². The molecular formula is C82H88F11N39O9S4. The Morgan fingerprint density at radius 1 is 0.379 bits per heavy atom. The number of nitrogens with one attached hydrogen (secondary N) is 3. The van der Waals surface area contributed by atoms with Crippen LogP contribution in [0.1, 0.15) is 122 Å². The van der Waals surface area contributed by atoms with E-state index in [1.165, 1.54) is 139 Å². The highest BCUT2D eigenvalue weighted by atomic mass is 32.3. The van der Waals surface area contributed by atoms with Gasteiger partial charge in [-0.15, -0.1) is 0 Å². The number of anilines is 4. The molecule has 2 unspecified atom stereocenters. The lowest BCUT2D eigenvalue weighted by Crippen LogP contribution is -2.66. The molecule has 4 saturated heterocycles. The molecule has 16 aromatic rings. The van der Waals surface area contributed by atoms with Crippen LogP contribution in [-0.2, 0) is 40.0 Å². The van der Waals surface area contributed by atoms with Crippen molar-refractivity contribution < 1.29 is 87.4 Å². The number of rotatable bonds is 23. The Morgan fingerprint density at radius 3 is 0.952 bits per heavy atom. The van der Waals surface area contributed by atoms with Crippen molar-refractivity contribution in [2.75, 3.05) is 72.0 Å². The molecule has 766 valence electrons. The number of alkyl halides is 10. The van der Waals surface area contributed by atoms with Crippen LogP contribution in [0.5, 0.6) is 0 Å². The van der Waals surface area contributed by atoms with E-state index >= 15 is 0 Å². The maximum absolute atomic E-state index is 14.3. The predicted octanol–water partition coefficient (Wildman–Crippen LogP) is 6.57. The zero-order valence-electron chi connectivity index (χ0n) is 75.2. The molecule has 145 heavy (non-hydrogen) atoms. The van der Waals surface area contributed by atoms with Crippen molar-refractivity contribution in [1.29, 1.82) is 0 Å². The van der Waals surface area contributed by atoms with Gasteiger partial charge in [-0.2, -0.15) is 31.0 Å². The van der Waals surface area contributed by atoms with Gasteiger partial charge in [0.25, 0.3) is 42.3 Å². The van der Waals surface area contributed by atoms with Gasteiger partial charge in [0.2, 0.25) is 15.9 Å². The van der Waals surface area contributed by atoms with Crippen LogP contribution in [0.2, 0.25) is 0 Å². The van der Waals surface area contributed by atoms with Crippen molar-refractivity contribution >= 4 is 97.5 Å². The molecule has 0 aliphatic carbocycles. The molecule has 4 aliphatic rings. The van der Waals surface area contributed by atoms with Crippen molar-refractivity contribution in [2.24, 2.45) is 36.6 Å². The highest BCUT2D eigenvalue weighted by molar-refractivity contribution is 8.09. The molecule has 63 heteroatoms. The van der Waals surface area contributed by atoms with E-state index in [0.717, 1.165) is 31.5 Å². The quantitative estimate of drug-likeness (QED) is 0.0301. The minimum absolute atomic E-state index is 0.0590. The number of nitrogens with two attached hydrogens (primary N) is 7. The van der Waals surface area contributed by atoms with Crippen molar-refractivity contribution in [1.82, 2.24) is 136 Å². The Morgan fingerprint density at radius 2 is 0.662 bits per heavy atom. The molecule has 4 atom stereocenters. The summed E-state index contributed by atoms with van der Waals surface area (Å²) in [6.07, 6.45) is 18.8. The number of fused-ring (bicyclic) bond motifs is 5. The number of imidazole rings is 5. The van der Waals surface area contributed by atoms with Crippen LogP contribution in [0.3, 0.4) is 0 Å². The Balaban J connectivity index is 0.000000130. The van der Waals surface area contributed by atoms with Gasteiger partial charge in [-0.3, -0.25) is 35.9 Å². The number of nitrogens with zero attached hydrogens (tertiary/aromatic N) is 29. The van der Waals surface area contributed by atoms with E-state index in [4.69, 9.17) is 36.6 Å². The molecule has 4 fully saturated rings. The van der Waals surface area contributed by atoms with Gasteiger partial charge in [-0.1, -0.05) is 0 Å². The number of hydrogen-bond donors (Lipinski definition) is 12. The first kappa shape index (κ1) is 103. The number of primary amides is 1. The third-order valence-corrected chi connectivity index (χ3v) is 26.2. The molecule has 0 radical (unpaired) electrons. The fraction of sp³-hybridized carbons (Fsp3) is 0.305. The second kappa shape index (κ2) is 42.0. The van der Waals surface area contributed by atoms with Crippen LogP contribution in [-0.4, -0.2) is 238 Å². The molecule has 19 heterocycles. The Labute approximate surface area is 813 Å². The second-order valence-electron chi connectivity index (χ2n) is 33.3. The van der Waals surface area contributed by atoms with Crippen LogP contribution in [0.25, 0.3) is 97.1 Å². The van der Waals surface area contributed by atoms with Crippen LogP contribution in [0.15, 0.2) is 172 Å². The van der Waals surface area contributed by atoms with Gasteiger partial charge in [-0.05, 0) is 120 Å². The Kier molecular flexibility index (Phi) is 29.9. The van der Waals surface area contributed by atoms with E-state index < -0.39 is 107 Å². The van der Waals surface area contributed by atoms with Crippen LogP contribution >= 0.6 is 0 Å². The lowest BCUT2D eigenvalue weighted by Gasteiger charge is -2.42. The zero-order valence-corrected chi connectivity index (χ0v) is 78.5. The largest absolute Gasteiger partial charge is 0.366 e. The minimum Gasteiger partial charge on any atom is -0.366 e. The topological polar surface area (TPSA) is 671 Å². The maximum atomic E-state index is 14.3. The predicted molar refractivity (Wildman–Crippen MR) is 504 cm³/mol. The molecule has 20 rings (SSSR count). The molecule has 19 N–H and O–H groups in total. The first-order chi connectivity index (χ1) is 68.7. The van der Waals surface area contributed by atoms with Gasteiger partial charge in [-0.25, -0.2) is 187 Å². The number of amides is 1. The third kappa shape index (κ3) is 25.8. The van der Waals surface area contributed by atoms with Crippen LogP contribution < -0.4 is 70.3 Å². The monoisotopic (exact) mass is 2100 g/mol. The smallest absolute Gasteiger partial charge is 0.281 e. The average Bonchev–Trinajstić information content (AvgIpc) is 1.67. The summed E-state index contributed by atoms with van der Waals surface area (Å²) in [5.74, 6) is 2.29. The number of sulfonamides is 1. The summed E-state index contributed by atoms with van der Waals surface area (Å²) in [5, 5.41) is 30.6. The van der Waals surface area contributed by atoms with E-state index in [1.807, 2.05) is 19.6 Å². The molecule has 1 amide bonds. The number of halogens is 11. The van der Waals surface area contributed by atoms with Crippen LogP contribution in [0, 0.1) is 5.82 Å². The van der Waals surface area contributed by atoms with Gasteiger partial charge >= 0.3 is 0 Å². The number of benzene rings is 1. The average molecular weight is 2100 g/mol. The molecular weight excluding hydrogens is 2010 g/mol. The molecule has 1 aromatic carbocycles. The van der Waals surface area contributed by atoms with Gasteiger partial charge in [0, 0.05) is 144 Å². The number of carbonyl (C=O) groups excluding carboxylic acids is 1. The first-order valence-corrected chi connectivity index (χ1v) is 50.7. The van der Waals surface area contributed by atoms with Gasteiger partial charge in [0.1, 0.15) is 86.0 Å². The fourth-order valence-electron chi connectivity index (χ4n) is 16.2. The summed E-state index contributed by atoms with van der Waals surface area (Å²) < 4.78 is 248. The highest BCUT2D eigenvalue weighted by Crippen LogP contribution is 2.34. The Bertz CT molecular complexity index is 7660. The van der Waals surface area contributed by atoms with Crippen molar-refractivity contribution in [3.63, 3.8) is 0 Å². The van der Waals surface area contributed by atoms with E-state index in [9.17, 15) is 87.4 Å². The standard InChI is InChI=1S/C18H11F3N6O.2C16H21F2N9O2S.C16H18F2N8O2S.C16H17F2N7O2S/c19-11-2-1-9(17(22)28)5-10(11)12-3-4-23-18(26-12)14-6-25-15-7-24-13(16(20)21)8-27(14)15;2*17-15(18)11-9-27-12(6-23-14(27)7-22-11)16-21-4-3-13(24-16)26-5-1-2-10(8-26)25-30(19,20,28)29;17-15(18)11-9-26-12(6-22-14(26)7-21-11)16-20-4-3-13(23-16)25-5-1-2-10(8-25)24-29(19,27)28;17-15(18)11-9-25-12(6-22-14(25)7-21-11)16-20-4-3-13(23-16)24-5-1-2-10(8-24)28(19,26)27/h1-8,16H,(H2,22,28);2*3-4,6-7,9-10,15H,1-2,5,8H2,(H6,19,20,25,28,29);3-4,6-7,9-10,15,24H,1-2,5,8H2,(H2,19,27,28);3-4,6-7,9-10,15H,1-2,5,8H2,(H2,19,26,27)/t;10-;;10-;/m.1.0./s1. The lowest BCUT2D eigenvalue weighted by molar-refractivity contribution is 0.0999. The number of carbonyl (C=O) groups is 1. The van der Waals surface area contributed by atoms with Crippen LogP contribution in [0.4, 0.5) is 71.6 Å².